The van der Waals surface area contributed by atoms with E-state index >= 15 is 0 Å². The zero-order chi connectivity index (χ0) is 12.3. The highest BCUT2D eigenvalue weighted by Crippen LogP contribution is 2.22. The summed E-state index contributed by atoms with van der Waals surface area (Å²) in [7, 11) is 0. The molecule has 3 N–H and O–H groups in total. The first-order valence-corrected chi connectivity index (χ1v) is 5.32. The molecule has 0 amide bonds. The van der Waals surface area contributed by atoms with Gasteiger partial charge in [-0.1, -0.05) is 5.16 Å². The summed E-state index contributed by atoms with van der Waals surface area (Å²) in [4.78, 5) is 2.02. The fourth-order valence-corrected chi connectivity index (χ4v) is 1.85. The molecule has 0 spiro atoms. The van der Waals surface area contributed by atoms with Gasteiger partial charge in [-0.15, -0.1) is 0 Å². The van der Waals surface area contributed by atoms with Crippen molar-refractivity contribution in [2.75, 3.05) is 31.2 Å². The summed E-state index contributed by atoms with van der Waals surface area (Å²) >= 11 is 0. The van der Waals surface area contributed by atoms with Gasteiger partial charge in [0.1, 0.15) is 5.82 Å². The van der Waals surface area contributed by atoms with E-state index in [1.165, 1.54) is 12.1 Å². The van der Waals surface area contributed by atoms with E-state index in [1.54, 1.807) is 6.07 Å². The molecule has 0 saturated carbocycles. The maximum absolute atomic E-state index is 13.2. The molecule has 1 fully saturated rings. The number of benzene rings is 1. The first-order valence-electron chi connectivity index (χ1n) is 5.32. The van der Waals surface area contributed by atoms with Crippen LogP contribution < -0.4 is 10.6 Å². The maximum Gasteiger partial charge on any atom is 0.172 e. The van der Waals surface area contributed by atoms with Crippen LogP contribution in [0.3, 0.4) is 0 Å². The van der Waals surface area contributed by atoms with Crippen molar-refractivity contribution in [2.24, 2.45) is 10.9 Å². The molecule has 0 unspecified atom stereocenters. The minimum absolute atomic E-state index is 0.0917. The monoisotopic (exact) mass is 239 g/mol. The highest BCUT2D eigenvalue weighted by molar-refractivity contribution is 6.02. The Morgan fingerprint density at radius 3 is 2.76 bits per heavy atom. The molecule has 92 valence electrons. The lowest BCUT2D eigenvalue weighted by Crippen LogP contribution is -2.37. The van der Waals surface area contributed by atoms with Gasteiger partial charge in [-0.3, -0.25) is 0 Å². The van der Waals surface area contributed by atoms with Crippen LogP contribution in [-0.4, -0.2) is 37.3 Å². The van der Waals surface area contributed by atoms with Crippen molar-refractivity contribution in [3.05, 3.63) is 29.6 Å². The molecule has 0 aliphatic carbocycles. The number of amidine groups is 1. The van der Waals surface area contributed by atoms with Crippen LogP contribution in [0.4, 0.5) is 10.1 Å². The molecule has 5 nitrogen and oxygen atoms in total. The van der Waals surface area contributed by atoms with Gasteiger partial charge in [0.25, 0.3) is 0 Å². The molecule has 1 aliphatic rings. The van der Waals surface area contributed by atoms with Crippen LogP contribution in [0, 0.1) is 5.82 Å². The number of hydrogen-bond acceptors (Lipinski definition) is 4. The summed E-state index contributed by atoms with van der Waals surface area (Å²) in [6.45, 7) is 2.65. The molecule has 1 aliphatic heterocycles. The predicted octanol–water partition coefficient (Wildman–Crippen LogP) is 0.757. The van der Waals surface area contributed by atoms with E-state index in [4.69, 9.17) is 15.7 Å². The second-order valence-corrected chi connectivity index (χ2v) is 3.75. The van der Waals surface area contributed by atoms with Crippen LogP contribution in [0.5, 0.6) is 0 Å². The topological polar surface area (TPSA) is 71.1 Å². The Bertz CT molecular complexity index is 431. The van der Waals surface area contributed by atoms with Gasteiger partial charge in [-0.25, -0.2) is 4.39 Å². The third kappa shape index (κ3) is 2.47. The third-order valence-corrected chi connectivity index (χ3v) is 2.69. The highest BCUT2D eigenvalue weighted by atomic mass is 19.1. The molecular formula is C11H14FN3O2. The zero-order valence-corrected chi connectivity index (χ0v) is 9.27. The second kappa shape index (κ2) is 5.01. The zero-order valence-electron chi connectivity index (χ0n) is 9.27. The number of oxime groups is 1. The smallest absolute Gasteiger partial charge is 0.172 e. The van der Waals surface area contributed by atoms with Gasteiger partial charge in [-0.2, -0.15) is 0 Å². The Morgan fingerprint density at radius 1 is 1.41 bits per heavy atom. The fourth-order valence-electron chi connectivity index (χ4n) is 1.85. The van der Waals surface area contributed by atoms with Crippen molar-refractivity contribution in [3.8, 4) is 0 Å². The summed E-state index contributed by atoms with van der Waals surface area (Å²) in [5.41, 5.74) is 6.70. The molecule has 0 atom stereocenters. The van der Waals surface area contributed by atoms with E-state index in [0.29, 0.717) is 31.9 Å². The van der Waals surface area contributed by atoms with Crippen molar-refractivity contribution >= 4 is 11.5 Å². The molecule has 6 heteroatoms. The van der Waals surface area contributed by atoms with Gasteiger partial charge >= 0.3 is 0 Å². The molecule has 1 heterocycles. The fraction of sp³-hybridized carbons (Fsp3) is 0.364. The number of morpholine rings is 1. The Hall–Kier alpha value is -1.82. The SMILES string of the molecule is NC(=NO)c1cc(F)ccc1N1CCOCC1. The average Bonchev–Trinajstić information content (AvgIpc) is 2.38. The first kappa shape index (κ1) is 11.7. The Balaban J connectivity index is 2.37. The molecule has 2 rings (SSSR count). The van der Waals surface area contributed by atoms with Gasteiger partial charge in [0.15, 0.2) is 5.84 Å². The Kier molecular flexibility index (Phi) is 3.43. The lowest BCUT2D eigenvalue weighted by atomic mass is 10.1. The van der Waals surface area contributed by atoms with Gasteiger partial charge in [0, 0.05) is 24.3 Å². The molecule has 0 aromatic heterocycles. The van der Waals surface area contributed by atoms with Crippen LogP contribution in [-0.2, 0) is 4.74 Å². The van der Waals surface area contributed by atoms with Gasteiger partial charge in [0.2, 0.25) is 0 Å². The number of ether oxygens (including phenoxy) is 1. The largest absolute Gasteiger partial charge is 0.409 e. The minimum atomic E-state index is -0.413. The molecular weight excluding hydrogens is 225 g/mol. The quantitative estimate of drug-likeness (QED) is 0.346. The van der Waals surface area contributed by atoms with Crippen molar-refractivity contribution in [1.29, 1.82) is 0 Å². The summed E-state index contributed by atoms with van der Waals surface area (Å²) in [5, 5.41) is 11.6. The molecule has 1 aromatic rings. The van der Waals surface area contributed by atoms with Crippen LogP contribution in [0.15, 0.2) is 23.4 Å². The predicted molar refractivity (Wildman–Crippen MR) is 61.9 cm³/mol. The number of nitrogens with zero attached hydrogens (tertiary/aromatic N) is 2. The van der Waals surface area contributed by atoms with E-state index in [0.717, 1.165) is 5.69 Å². The lowest BCUT2D eigenvalue weighted by molar-refractivity contribution is 0.122. The van der Waals surface area contributed by atoms with Crippen molar-refractivity contribution < 1.29 is 14.3 Å². The van der Waals surface area contributed by atoms with Crippen molar-refractivity contribution in [3.63, 3.8) is 0 Å². The number of hydrogen-bond donors (Lipinski definition) is 2. The highest BCUT2D eigenvalue weighted by Gasteiger charge is 2.17. The number of rotatable bonds is 2. The molecule has 0 radical (unpaired) electrons. The van der Waals surface area contributed by atoms with E-state index in [1.807, 2.05) is 4.90 Å². The van der Waals surface area contributed by atoms with Crippen LogP contribution in [0.1, 0.15) is 5.56 Å². The average molecular weight is 239 g/mol. The Morgan fingerprint density at radius 2 is 2.12 bits per heavy atom. The molecule has 17 heavy (non-hydrogen) atoms. The summed E-state index contributed by atoms with van der Waals surface area (Å²) < 4.78 is 18.4. The van der Waals surface area contributed by atoms with Crippen LogP contribution in [0.2, 0.25) is 0 Å². The third-order valence-electron chi connectivity index (χ3n) is 2.69. The van der Waals surface area contributed by atoms with E-state index in [-0.39, 0.29) is 5.84 Å². The van der Waals surface area contributed by atoms with Gasteiger partial charge < -0.3 is 20.6 Å². The first-order chi connectivity index (χ1) is 8.22. The number of nitrogens with two attached hydrogens (primary N) is 1. The van der Waals surface area contributed by atoms with Crippen LogP contribution >= 0.6 is 0 Å². The summed E-state index contributed by atoms with van der Waals surface area (Å²) in [6, 6.07) is 4.26. The van der Waals surface area contributed by atoms with E-state index < -0.39 is 5.82 Å². The normalized spacial score (nSPS) is 17.2. The van der Waals surface area contributed by atoms with Gasteiger partial charge in [0.05, 0.1) is 13.2 Å². The van der Waals surface area contributed by atoms with E-state index in [2.05, 4.69) is 5.16 Å². The second-order valence-electron chi connectivity index (χ2n) is 3.75. The minimum Gasteiger partial charge on any atom is -0.409 e. The number of anilines is 1. The van der Waals surface area contributed by atoms with Crippen molar-refractivity contribution in [2.45, 2.75) is 0 Å². The summed E-state index contributed by atoms with van der Waals surface area (Å²) in [5.74, 6) is -0.505. The van der Waals surface area contributed by atoms with Gasteiger partial charge in [-0.05, 0) is 18.2 Å². The summed E-state index contributed by atoms with van der Waals surface area (Å²) in [6.07, 6.45) is 0. The van der Waals surface area contributed by atoms with E-state index in [9.17, 15) is 4.39 Å². The molecule has 1 aromatic carbocycles. The number of halogens is 1. The molecule has 0 bridgehead atoms. The standard InChI is InChI=1S/C11H14FN3O2/c12-8-1-2-10(9(7-8)11(13)14-16)15-3-5-17-6-4-15/h1-2,7,16H,3-6H2,(H2,13,14). The van der Waals surface area contributed by atoms with Crippen LogP contribution in [0.25, 0.3) is 0 Å². The lowest BCUT2D eigenvalue weighted by Gasteiger charge is -2.30. The molecule has 1 saturated heterocycles. The van der Waals surface area contributed by atoms with Crippen molar-refractivity contribution in [1.82, 2.24) is 0 Å². The Labute approximate surface area is 98.3 Å². The maximum atomic E-state index is 13.2.